The normalized spacial score (nSPS) is 17.6. The smallest absolute Gasteiger partial charge is 0.303 e. The Kier molecular flexibility index (Phi) is 3.83. The molecule has 3 nitrogen and oxygen atoms in total. The van der Waals surface area contributed by atoms with Gasteiger partial charge in [0, 0.05) is 17.4 Å². The van der Waals surface area contributed by atoms with Crippen LogP contribution in [0.15, 0.2) is 18.2 Å². The summed E-state index contributed by atoms with van der Waals surface area (Å²) in [4.78, 5) is 10.6. The molecule has 0 aromatic heterocycles. The van der Waals surface area contributed by atoms with E-state index in [1.807, 2.05) is 13.0 Å². The number of rotatable bonds is 5. The third kappa shape index (κ3) is 3.28. The SMILES string of the molecule is CC(CCc1ccc2c(c1)C(C)(C)CO2)CC(=O)O. The Balaban J connectivity index is 2.01. The molecule has 1 aromatic carbocycles. The summed E-state index contributed by atoms with van der Waals surface area (Å²) in [5, 5.41) is 8.76. The first-order valence-corrected chi connectivity index (χ1v) is 6.86. The van der Waals surface area contributed by atoms with Gasteiger partial charge in [0.05, 0.1) is 6.61 Å². The molecule has 1 unspecified atom stereocenters. The summed E-state index contributed by atoms with van der Waals surface area (Å²) >= 11 is 0. The van der Waals surface area contributed by atoms with Gasteiger partial charge in [0.25, 0.3) is 0 Å². The van der Waals surface area contributed by atoms with Gasteiger partial charge >= 0.3 is 5.97 Å². The van der Waals surface area contributed by atoms with Gasteiger partial charge in [-0.15, -0.1) is 0 Å². The van der Waals surface area contributed by atoms with Gasteiger partial charge < -0.3 is 9.84 Å². The van der Waals surface area contributed by atoms with Crippen LogP contribution in [0.2, 0.25) is 0 Å². The Labute approximate surface area is 114 Å². The minimum absolute atomic E-state index is 0.0814. The standard InChI is InChI=1S/C16H22O3/c1-11(8-15(17)18)4-5-12-6-7-14-13(9-12)16(2,3)10-19-14/h6-7,9,11H,4-5,8,10H2,1-3H3,(H,17,18). The second kappa shape index (κ2) is 5.24. The van der Waals surface area contributed by atoms with Crippen molar-refractivity contribution in [2.24, 2.45) is 5.92 Å². The zero-order chi connectivity index (χ0) is 14.0. The van der Waals surface area contributed by atoms with Crippen LogP contribution in [0.5, 0.6) is 5.75 Å². The number of carbonyl (C=O) groups is 1. The van der Waals surface area contributed by atoms with Crippen LogP contribution in [0.25, 0.3) is 0 Å². The highest BCUT2D eigenvalue weighted by Gasteiger charge is 2.31. The molecule has 0 saturated heterocycles. The summed E-state index contributed by atoms with van der Waals surface area (Å²) in [5.41, 5.74) is 2.63. The minimum Gasteiger partial charge on any atom is -0.492 e. The Bertz CT molecular complexity index is 477. The van der Waals surface area contributed by atoms with Crippen LogP contribution in [0.4, 0.5) is 0 Å². The summed E-state index contributed by atoms with van der Waals surface area (Å²) in [6.45, 7) is 7.11. The van der Waals surface area contributed by atoms with E-state index in [2.05, 4.69) is 26.0 Å². The summed E-state index contributed by atoms with van der Waals surface area (Å²) in [6.07, 6.45) is 2.09. The molecule has 19 heavy (non-hydrogen) atoms. The van der Waals surface area contributed by atoms with Crippen molar-refractivity contribution in [2.75, 3.05) is 6.61 Å². The van der Waals surface area contributed by atoms with E-state index in [9.17, 15) is 4.79 Å². The second-order valence-electron chi connectivity index (χ2n) is 6.24. The van der Waals surface area contributed by atoms with E-state index in [1.54, 1.807) is 0 Å². The Hall–Kier alpha value is -1.51. The molecule has 1 aliphatic rings. The number of carboxylic acids is 1. The van der Waals surface area contributed by atoms with Gasteiger partial charge in [0.1, 0.15) is 5.75 Å². The molecule has 1 heterocycles. The number of aryl methyl sites for hydroxylation is 1. The molecular weight excluding hydrogens is 240 g/mol. The molecule has 104 valence electrons. The van der Waals surface area contributed by atoms with E-state index in [0.29, 0.717) is 0 Å². The van der Waals surface area contributed by atoms with Crippen LogP contribution in [0.1, 0.15) is 44.7 Å². The van der Waals surface area contributed by atoms with Crippen LogP contribution in [0, 0.1) is 5.92 Å². The summed E-state index contributed by atoms with van der Waals surface area (Å²) in [7, 11) is 0. The van der Waals surface area contributed by atoms with Gasteiger partial charge in [-0.3, -0.25) is 4.79 Å². The number of hydrogen-bond donors (Lipinski definition) is 1. The maximum Gasteiger partial charge on any atom is 0.303 e. The largest absolute Gasteiger partial charge is 0.492 e. The molecule has 0 fully saturated rings. The third-order valence-corrected chi connectivity index (χ3v) is 3.81. The van der Waals surface area contributed by atoms with Crippen LogP contribution in [0.3, 0.4) is 0 Å². The molecule has 0 spiro atoms. The lowest BCUT2D eigenvalue weighted by molar-refractivity contribution is -0.138. The monoisotopic (exact) mass is 262 g/mol. The molecule has 1 N–H and O–H groups in total. The van der Waals surface area contributed by atoms with E-state index >= 15 is 0 Å². The molecule has 1 aromatic rings. The fourth-order valence-corrected chi connectivity index (χ4v) is 2.54. The van der Waals surface area contributed by atoms with Crippen molar-refractivity contribution in [2.45, 2.75) is 45.4 Å². The Morgan fingerprint density at radius 1 is 1.47 bits per heavy atom. The highest BCUT2D eigenvalue weighted by atomic mass is 16.5. The Morgan fingerprint density at radius 2 is 2.21 bits per heavy atom. The topological polar surface area (TPSA) is 46.5 Å². The molecule has 1 atom stereocenters. The van der Waals surface area contributed by atoms with Crippen molar-refractivity contribution in [3.05, 3.63) is 29.3 Å². The number of ether oxygens (including phenoxy) is 1. The summed E-state index contributed by atoms with van der Waals surface area (Å²) in [5.74, 6) is 0.498. The first-order chi connectivity index (χ1) is 8.88. The molecule has 1 aliphatic heterocycles. The van der Waals surface area contributed by atoms with Crippen molar-refractivity contribution in [1.82, 2.24) is 0 Å². The molecule has 3 heteroatoms. The summed E-state index contributed by atoms with van der Waals surface area (Å²) < 4.78 is 5.67. The van der Waals surface area contributed by atoms with Crippen molar-refractivity contribution < 1.29 is 14.6 Å². The highest BCUT2D eigenvalue weighted by molar-refractivity contribution is 5.66. The fourth-order valence-electron chi connectivity index (χ4n) is 2.54. The van der Waals surface area contributed by atoms with Crippen LogP contribution in [-0.2, 0) is 16.6 Å². The quantitative estimate of drug-likeness (QED) is 0.884. The van der Waals surface area contributed by atoms with Crippen LogP contribution >= 0.6 is 0 Å². The lowest BCUT2D eigenvalue weighted by Gasteiger charge is -2.16. The lowest BCUT2D eigenvalue weighted by Crippen LogP contribution is -2.18. The average Bonchev–Trinajstić information content (AvgIpc) is 2.62. The van der Waals surface area contributed by atoms with Gasteiger partial charge in [-0.05, 0) is 30.4 Å². The van der Waals surface area contributed by atoms with Crippen molar-refractivity contribution in [3.8, 4) is 5.75 Å². The first kappa shape index (κ1) is 13.9. The molecule has 0 saturated carbocycles. The molecule has 0 bridgehead atoms. The Morgan fingerprint density at radius 3 is 2.89 bits per heavy atom. The molecule has 0 radical (unpaired) electrons. The predicted molar refractivity (Wildman–Crippen MR) is 74.7 cm³/mol. The minimum atomic E-state index is -0.712. The number of hydrogen-bond acceptors (Lipinski definition) is 2. The van der Waals surface area contributed by atoms with Crippen molar-refractivity contribution in [1.29, 1.82) is 0 Å². The van der Waals surface area contributed by atoms with Gasteiger partial charge in [0.2, 0.25) is 0 Å². The van der Waals surface area contributed by atoms with Crippen LogP contribution in [-0.4, -0.2) is 17.7 Å². The maximum atomic E-state index is 10.6. The molecule has 0 amide bonds. The molecule has 2 rings (SSSR count). The van der Waals surface area contributed by atoms with E-state index in [0.717, 1.165) is 25.2 Å². The van der Waals surface area contributed by atoms with Crippen LogP contribution < -0.4 is 4.74 Å². The van der Waals surface area contributed by atoms with E-state index in [-0.39, 0.29) is 17.8 Å². The lowest BCUT2D eigenvalue weighted by atomic mass is 9.85. The molecular formula is C16H22O3. The maximum absolute atomic E-state index is 10.6. The van der Waals surface area contributed by atoms with Gasteiger partial charge in [-0.2, -0.15) is 0 Å². The zero-order valence-corrected chi connectivity index (χ0v) is 11.9. The van der Waals surface area contributed by atoms with E-state index < -0.39 is 5.97 Å². The average molecular weight is 262 g/mol. The first-order valence-electron chi connectivity index (χ1n) is 6.86. The van der Waals surface area contributed by atoms with Crippen molar-refractivity contribution in [3.63, 3.8) is 0 Å². The third-order valence-electron chi connectivity index (χ3n) is 3.81. The van der Waals surface area contributed by atoms with E-state index in [4.69, 9.17) is 9.84 Å². The van der Waals surface area contributed by atoms with Crippen molar-refractivity contribution >= 4 is 5.97 Å². The number of carboxylic acid groups (broad SMARTS) is 1. The highest BCUT2D eigenvalue weighted by Crippen LogP contribution is 2.38. The summed E-state index contributed by atoms with van der Waals surface area (Å²) in [6, 6.07) is 6.35. The molecule has 0 aliphatic carbocycles. The fraction of sp³-hybridized carbons (Fsp3) is 0.562. The zero-order valence-electron chi connectivity index (χ0n) is 11.9. The predicted octanol–water partition coefficient (Wildman–Crippen LogP) is 3.40. The number of fused-ring (bicyclic) bond motifs is 1. The number of aliphatic carboxylic acids is 1. The van der Waals surface area contributed by atoms with Gasteiger partial charge in [0.15, 0.2) is 0 Å². The second-order valence-corrected chi connectivity index (χ2v) is 6.24. The number of benzene rings is 1. The van der Waals surface area contributed by atoms with E-state index in [1.165, 1.54) is 11.1 Å². The van der Waals surface area contributed by atoms with Gasteiger partial charge in [-0.25, -0.2) is 0 Å². The van der Waals surface area contributed by atoms with Gasteiger partial charge in [-0.1, -0.05) is 32.9 Å².